The van der Waals surface area contributed by atoms with Crippen molar-refractivity contribution in [1.29, 1.82) is 0 Å². The van der Waals surface area contributed by atoms with E-state index in [-0.39, 0.29) is 5.54 Å². The number of hydrogen-bond donors (Lipinski definition) is 1. The number of benzene rings is 1. The first-order chi connectivity index (χ1) is 8.20. The third kappa shape index (κ3) is 3.71. The van der Waals surface area contributed by atoms with Gasteiger partial charge >= 0.3 is 0 Å². The molecule has 94 valence electrons. The molecule has 2 nitrogen and oxygen atoms in total. The van der Waals surface area contributed by atoms with Crippen LogP contribution in [0, 0.1) is 0 Å². The zero-order valence-corrected chi connectivity index (χ0v) is 11.7. The van der Waals surface area contributed by atoms with E-state index in [0.29, 0.717) is 6.61 Å². The molecule has 1 aromatic carbocycles. The van der Waals surface area contributed by atoms with Crippen molar-refractivity contribution in [2.75, 3.05) is 6.61 Å². The van der Waals surface area contributed by atoms with Crippen molar-refractivity contribution in [3.05, 3.63) is 28.7 Å². The minimum atomic E-state index is 0.0134. The Morgan fingerprint density at radius 1 is 1.18 bits per heavy atom. The Balaban J connectivity index is 1.81. The largest absolute Gasteiger partial charge is 0.492 e. The molecule has 0 bridgehead atoms. The minimum Gasteiger partial charge on any atom is -0.492 e. The van der Waals surface area contributed by atoms with Crippen LogP contribution in [0.3, 0.4) is 0 Å². The molecule has 1 aromatic rings. The Hall–Kier alpha value is -0.540. The van der Waals surface area contributed by atoms with E-state index >= 15 is 0 Å². The van der Waals surface area contributed by atoms with Gasteiger partial charge in [-0.3, -0.25) is 0 Å². The molecule has 1 aliphatic carbocycles. The van der Waals surface area contributed by atoms with E-state index < -0.39 is 0 Å². The monoisotopic (exact) mass is 297 g/mol. The number of nitrogens with two attached hydrogens (primary N) is 1. The van der Waals surface area contributed by atoms with Gasteiger partial charge in [0.25, 0.3) is 0 Å². The molecule has 2 N–H and O–H groups in total. The molecule has 2 rings (SSSR count). The lowest BCUT2D eigenvalue weighted by atomic mass is 9.80. The summed E-state index contributed by atoms with van der Waals surface area (Å²) in [4.78, 5) is 0. The molecule has 1 aliphatic rings. The van der Waals surface area contributed by atoms with Crippen molar-refractivity contribution in [3.63, 3.8) is 0 Å². The number of halogens is 1. The second-order valence-electron chi connectivity index (χ2n) is 4.95. The number of para-hydroxylation sites is 1. The third-order valence-corrected chi connectivity index (χ3v) is 4.20. The van der Waals surface area contributed by atoms with Gasteiger partial charge in [-0.2, -0.15) is 0 Å². The lowest BCUT2D eigenvalue weighted by Gasteiger charge is -2.33. The second kappa shape index (κ2) is 5.87. The van der Waals surface area contributed by atoms with E-state index in [0.717, 1.165) is 29.5 Å². The summed E-state index contributed by atoms with van der Waals surface area (Å²) in [7, 11) is 0. The summed E-state index contributed by atoms with van der Waals surface area (Å²) < 4.78 is 6.79. The summed E-state index contributed by atoms with van der Waals surface area (Å²) in [5.74, 6) is 0.909. The Morgan fingerprint density at radius 2 is 1.88 bits per heavy atom. The van der Waals surface area contributed by atoms with Gasteiger partial charge in [-0.15, -0.1) is 0 Å². The predicted molar refractivity (Wildman–Crippen MR) is 74.3 cm³/mol. The average molecular weight is 298 g/mol. The Labute approximate surface area is 112 Å². The van der Waals surface area contributed by atoms with E-state index in [1.54, 1.807) is 0 Å². The standard InChI is InChI=1S/C14H20BrNO/c15-12-6-2-3-7-13(12)17-11-10-14(16)8-4-1-5-9-14/h2-3,6-7H,1,4-5,8-11,16H2. The van der Waals surface area contributed by atoms with Gasteiger partial charge < -0.3 is 10.5 Å². The average Bonchev–Trinajstić information content (AvgIpc) is 2.32. The molecule has 0 atom stereocenters. The van der Waals surface area contributed by atoms with Crippen molar-refractivity contribution >= 4 is 15.9 Å². The minimum absolute atomic E-state index is 0.0134. The topological polar surface area (TPSA) is 35.2 Å². The molecule has 0 saturated heterocycles. The van der Waals surface area contributed by atoms with E-state index in [9.17, 15) is 0 Å². The van der Waals surface area contributed by atoms with Crippen LogP contribution in [0.25, 0.3) is 0 Å². The van der Waals surface area contributed by atoms with Crippen LogP contribution in [0.15, 0.2) is 28.7 Å². The second-order valence-corrected chi connectivity index (χ2v) is 5.81. The van der Waals surface area contributed by atoms with Gasteiger partial charge in [0.2, 0.25) is 0 Å². The van der Waals surface area contributed by atoms with Gasteiger partial charge in [0.05, 0.1) is 11.1 Å². The summed E-state index contributed by atoms with van der Waals surface area (Å²) >= 11 is 3.48. The molecule has 0 aromatic heterocycles. The van der Waals surface area contributed by atoms with Crippen molar-refractivity contribution < 1.29 is 4.74 Å². The molecule has 17 heavy (non-hydrogen) atoms. The molecule has 1 saturated carbocycles. The first kappa shape index (κ1) is 12.9. The third-order valence-electron chi connectivity index (χ3n) is 3.54. The zero-order valence-electron chi connectivity index (χ0n) is 10.1. The van der Waals surface area contributed by atoms with Gasteiger partial charge in [0.15, 0.2) is 0 Å². The van der Waals surface area contributed by atoms with Crippen LogP contribution in [0.4, 0.5) is 0 Å². The fourth-order valence-electron chi connectivity index (χ4n) is 2.43. The lowest BCUT2D eigenvalue weighted by Crippen LogP contribution is -2.42. The maximum atomic E-state index is 6.37. The molecule has 0 amide bonds. The van der Waals surface area contributed by atoms with Gasteiger partial charge in [-0.05, 0) is 47.3 Å². The first-order valence-corrected chi connectivity index (χ1v) is 7.15. The maximum absolute atomic E-state index is 6.37. The highest BCUT2D eigenvalue weighted by atomic mass is 79.9. The van der Waals surface area contributed by atoms with Crippen molar-refractivity contribution in [2.24, 2.45) is 5.73 Å². The van der Waals surface area contributed by atoms with E-state index in [4.69, 9.17) is 10.5 Å². The molecule has 0 unspecified atom stereocenters. The highest BCUT2D eigenvalue weighted by Gasteiger charge is 2.27. The predicted octanol–water partition coefficient (Wildman–Crippen LogP) is 3.88. The highest BCUT2D eigenvalue weighted by molar-refractivity contribution is 9.10. The Bertz CT molecular complexity index is 361. The molecule has 0 heterocycles. The Kier molecular flexibility index (Phi) is 4.46. The van der Waals surface area contributed by atoms with Crippen LogP contribution in [0.5, 0.6) is 5.75 Å². The Morgan fingerprint density at radius 3 is 2.59 bits per heavy atom. The molecular formula is C14H20BrNO. The fourth-order valence-corrected chi connectivity index (χ4v) is 2.83. The summed E-state index contributed by atoms with van der Waals surface area (Å²) in [5.41, 5.74) is 6.38. The number of hydrogen-bond acceptors (Lipinski definition) is 2. The van der Waals surface area contributed by atoms with Crippen LogP contribution < -0.4 is 10.5 Å². The van der Waals surface area contributed by atoms with E-state index in [2.05, 4.69) is 15.9 Å². The lowest BCUT2D eigenvalue weighted by molar-refractivity contribution is 0.214. The molecule has 1 fully saturated rings. The van der Waals surface area contributed by atoms with Gasteiger partial charge in [0.1, 0.15) is 5.75 Å². The smallest absolute Gasteiger partial charge is 0.133 e. The first-order valence-electron chi connectivity index (χ1n) is 6.36. The summed E-state index contributed by atoms with van der Waals surface area (Å²) in [6, 6.07) is 7.95. The van der Waals surface area contributed by atoms with Crippen molar-refractivity contribution in [1.82, 2.24) is 0 Å². The molecule has 3 heteroatoms. The quantitative estimate of drug-likeness (QED) is 0.915. The van der Waals surface area contributed by atoms with Gasteiger partial charge in [-0.25, -0.2) is 0 Å². The fraction of sp³-hybridized carbons (Fsp3) is 0.571. The summed E-state index contributed by atoms with van der Waals surface area (Å²) in [5, 5.41) is 0. The van der Waals surface area contributed by atoms with Crippen LogP contribution in [-0.4, -0.2) is 12.1 Å². The van der Waals surface area contributed by atoms with Crippen LogP contribution in [-0.2, 0) is 0 Å². The molecule has 0 radical (unpaired) electrons. The summed E-state index contributed by atoms with van der Waals surface area (Å²) in [6.07, 6.45) is 7.12. The molecular weight excluding hydrogens is 278 g/mol. The van der Waals surface area contributed by atoms with Gasteiger partial charge in [0, 0.05) is 5.54 Å². The van der Waals surface area contributed by atoms with Gasteiger partial charge in [-0.1, -0.05) is 31.4 Å². The zero-order chi connectivity index (χ0) is 12.1. The van der Waals surface area contributed by atoms with E-state index in [1.165, 1.54) is 19.3 Å². The molecule has 0 aliphatic heterocycles. The highest BCUT2D eigenvalue weighted by Crippen LogP contribution is 2.29. The van der Waals surface area contributed by atoms with Crippen molar-refractivity contribution in [2.45, 2.75) is 44.1 Å². The van der Waals surface area contributed by atoms with Crippen molar-refractivity contribution in [3.8, 4) is 5.75 Å². The normalized spacial score (nSPS) is 18.9. The number of rotatable bonds is 4. The maximum Gasteiger partial charge on any atom is 0.133 e. The number of ether oxygens (including phenoxy) is 1. The SMILES string of the molecule is NC1(CCOc2ccccc2Br)CCCCC1. The van der Waals surface area contributed by atoms with E-state index in [1.807, 2.05) is 24.3 Å². The molecule has 0 spiro atoms. The van der Waals surface area contributed by atoms with Crippen LogP contribution in [0.1, 0.15) is 38.5 Å². The van der Waals surface area contributed by atoms with Crippen LogP contribution >= 0.6 is 15.9 Å². The summed E-state index contributed by atoms with van der Waals surface area (Å²) in [6.45, 7) is 0.707. The van der Waals surface area contributed by atoms with Crippen LogP contribution in [0.2, 0.25) is 0 Å².